The zero-order chi connectivity index (χ0) is 32.5. The predicted octanol–water partition coefficient (Wildman–Crippen LogP) is 5.96. The van der Waals surface area contributed by atoms with Crippen molar-refractivity contribution in [2.75, 3.05) is 20.2 Å². The van der Waals surface area contributed by atoms with E-state index >= 15 is 0 Å². The molecule has 4 fully saturated rings. The summed E-state index contributed by atoms with van der Waals surface area (Å²) in [5, 5.41) is 17.8. The monoisotopic (exact) mass is 641 g/mol. The van der Waals surface area contributed by atoms with Gasteiger partial charge < -0.3 is 24.8 Å². The molecule has 1 saturated heterocycles. The second kappa shape index (κ2) is 13.7. The molecule has 1 unspecified atom stereocenters. The highest BCUT2D eigenvalue weighted by Crippen LogP contribution is 2.43. The van der Waals surface area contributed by atoms with Crippen LogP contribution in [-0.4, -0.2) is 69.2 Å². The van der Waals surface area contributed by atoms with Crippen molar-refractivity contribution in [1.29, 1.82) is 0 Å². The number of carbonyl (C=O) groups excluding carboxylic acids is 2. The normalized spacial score (nSPS) is 25.5. The number of aliphatic hydroxyl groups excluding tert-OH is 1. The SMILES string of the molecule is COc1ccc(C2CCC(C(NC(=O)C3CCC(OC(=O)N4CC(O)C4)CC3)c3cccc(-n4cnc(C5CC5)n4)c3)CC2)cc1C. The van der Waals surface area contributed by atoms with Gasteiger partial charge in [-0.3, -0.25) is 4.79 Å². The largest absolute Gasteiger partial charge is 0.496 e. The van der Waals surface area contributed by atoms with Crippen LogP contribution < -0.4 is 10.1 Å². The zero-order valence-corrected chi connectivity index (χ0v) is 27.5. The van der Waals surface area contributed by atoms with Gasteiger partial charge in [-0.25, -0.2) is 14.5 Å². The Labute approximate surface area is 276 Å². The number of aryl methyl sites for hydroxylation is 1. The van der Waals surface area contributed by atoms with Crippen molar-refractivity contribution < 1.29 is 24.2 Å². The molecule has 2 N–H and O–H groups in total. The fourth-order valence-electron chi connectivity index (χ4n) is 7.74. The van der Waals surface area contributed by atoms with E-state index in [4.69, 9.17) is 14.6 Å². The van der Waals surface area contributed by atoms with Gasteiger partial charge in [0.15, 0.2) is 5.82 Å². The maximum absolute atomic E-state index is 13.9. The van der Waals surface area contributed by atoms with Crippen molar-refractivity contribution in [2.45, 2.75) is 101 Å². The van der Waals surface area contributed by atoms with Crippen LogP contribution in [0.5, 0.6) is 5.75 Å². The molecule has 0 spiro atoms. The highest BCUT2D eigenvalue weighted by atomic mass is 16.6. The number of hydrogen-bond acceptors (Lipinski definition) is 7. The van der Waals surface area contributed by atoms with Crippen LogP contribution in [0.25, 0.3) is 5.69 Å². The second-order valence-electron chi connectivity index (χ2n) is 14.2. The molecule has 0 radical (unpaired) electrons. The highest BCUT2D eigenvalue weighted by molar-refractivity contribution is 5.79. The third kappa shape index (κ3) is 7.17. The van der Waals surface area contributed by atoms with E-state index in [0.717, 1.165) is 66.9 Å². The van der Waals surface area contributed by atoms with Crippen molar-refractivity contribution in [3.05, 3.63) is 71.3 Å². The van der Waals surface area contributed by atoms with E-state index in [1.165, 1.54) is 10.5 Å². The summed E-state index contributed by atoms with van der Waals surface area (Å²) in [6.45, 7) is 2.77. The molecule has 10 nitrogen and oxygen atoms in total. The topological polar surface area (TPSA) is 119 Å². The first-order valence-corrected chi connectivity index (χ1v) is 17.4. The molecule has 1 aromatic heterocycles. The number of ether oxygens (including phenoxy) is 2. The Morgan fingerprint density at radius 3 is 2.36 bits per heavy atom. The molecule has 2 amide bonds. The van der Waals surface area contributed by atoms with Crippen molar-refractivity contribution >= 4 is 12.0 Å². The van der Waals surface area contributed by atoms with Gasteiger partial charge in [-0.2, -0.15) is 5.10 Å². The summed E-state index contributed by atoms with van der Waals surface area (Å²) in [6.07, 6.45) is 10.0. The average Bonchev–Trinajstić information content (AvgIpc) is 3.81. The van der Waals surface area contributed by atoms with E-state index < -0.39 is 6.10 Å². The number of nitrogens with zero attached hydrogens (tertiary/aromatic N) is 4. The van der Waals surface area contributed by atoms with Gasteiger partial charge in [0.05, 0.1) is 38.0 Å². The van der Waals surface area contributed by atoms with Crippen molar-refractivity contribution in [3.8, 4) is 11.4 Å². The lowest BCUT2D eigenvalue weighted by Gasteiger charge is -2.37. The first-order valence-electron chi connectivity index (χ1n) is 17.4. The average molecular weight is 642 g/mol. The number of carbonyl (C=O) groups is 2. The third-order valence-corrected chi connectivity index (χ3v) is 10.8. The summed E-state index contributed by atoms with van der Waals surface area (Å²) in [4.78, 5) is 32.3. The molecule has 3 aromatic rings. The van der Waals surface area contributed by atoms with Crippen LogP contribution in [0.15, 0.2) is 48.8 Å². The molecule has 2 heterocycles. The van der Waals surface area contributed by atoms with Gasteiger partial charge in [0.2, 0.25) is 5.91 Å². The van der Waals surface area contributed by atoms with Gasteiger partial charge in [0, 0.05) is 11.8 Å². The minimum absolute atomic E-state index is 0.0840. The maximum Gasteiger partial charge on any atom is 0.410 e. The maximum atomic E-state index is 13.9. The first kappa shape index (κ1) is 31.7. The molecular formula is C37H47N5O5. The predicted molar refractivity (Wildman–Crippen MR) is 176 cm³/mol. The van der Waals surface area contributed by atoms with Crippen LogP contribution >= 0.6 is 0 Å². The smallest absolute Gasteiger partial charge is 0.410 e. The minimum atomic E-state index is -0.450. The summed E-state index contributed by atoms with van der Waals surface area (Å²) in [5.41, 5.74) is 4.59. The minimum Gasteiger partial charge on any atom is -0.496 e. The number of rotatable bonds is 9. The Morgan fingerprint density at radius 2 is 1.68 bits per heavy atom. The molecule has 7 rings (SSSR count). The number of aromatic nitrogens is 3. The lowest BCUT2D eigenvalue weighted by molar-refractivity contribution is -0.128. The molecule has 3 aliphatic carbocycles. The molecule has 2 aromatic carbocycles. The summed E-state index contributed by atoms with van der Waals surface area (Å²) in [5.74, 6) is 3.09. The van der Waals surface area contributed by atoms with Crippen LogP contribution in [0.2, 0.25) is 0 Å². The van der Waals surface area contributed by atoms with E-state index in [9.17, 15) is 14.7 Å². The van der Waals surface area contributed by atoms with Gasteiger partial charge in [-0.15, -0.1) is 0 Å². The lowest BCUT2D eigenvalue weighted by atomic mass is 9.74. The number of nitrogens with one attached hydrogen (secondary N) is 1. The van der Waals surface area contributed by atoms with Crippen LogP contribution in [0.1, 0.15) is 105 Å². The van der Waals surface area contributed by atoms with Gasteiger partial charge in [0.1, 0.15) is 18.2 Å². The molecule has 1 atom stereocenters. The van der Waals surface area contributed by atoms with Gasteiger partial charge in [0.25, 0.3) is 0 Å². The Morgan fingerprint density at radius 1 is 0.936 bits per heavy atom. The quantitative estimate of drug-likeness (QED) is 0.296. The summed E-state index contributed by atoms with van der Waals surface area (Å²) in [6, 6.07) is 14.9. The molecule has 4 aliphatic rings. The summed E-state index contributed by atoms with van der Waals surface area (Å²) < 4.78 is 13.0. The molecular weight excluding hydrogens is 594 g/mol. The lowest BCUT2D eigenvalue weighted by Crippen LogP contribution is -2.54. The molecule has 0 bridgehead atoms. The zero-order valence-electron chi connectivity index (χ0n) is 27.5. The Hall–Kier alpha value is -3.92. The number of β-amino-alcohol motifs (C(OH)–C–C–N with tert-alkyl or cyclic N) is 1. The fraction of sp³-hybridized carbons (Fsp3) is 0.568. The van der Waals surface area contributed by atoms with E-state index in [1.807, 2.05) is 4.68 Å². The number of benzene rings is 2. The van der Waals surface area contributed by atoms with Crippen molar-refractivity contribution in [2.24, 2.45) is 11.8 Å². The molecule has 10 heteroatoms. The molecule has 47 heavy (non-hydrogen) atoms. The van der Waals surface area contributed by atoms with Crippen molar-refractivity contribution in [3.63, 3.8) is 0 Å². The summed E-state index contributed by atoms with van der Waals surface area (Å²) in [7, 11) is 1.72. The first-order chi connectivity index (χ1) is 22.8. The number of amides is 2. The van der Waals surface area contributed by atoms with Crippen LogP contribution in [-0.2, 0) is 9.53 Å². The Kier molecular flexibility index (Phi) is 9.21. The standard InChI is InChI=1S/C37H47N5O5/c1-23-18-28(14-17-33(23)46-2)24-6-8-25(9-7-24)34(29-4-3-5-30(19-29)42-22-38-35(40-42)26-10-11-26)39-36(44)27-12-15-32(16-13-27)47-37(45)41-20-31(43)21-41/h3-5,14,17-19,22,24-27,31-32,34,43H,6-13,15-16,20-21H2,1-2H3,(H,39,44). The number of hydrogen-bond donors (Lipinski definition) is 2. The Balaban J connectivity index is 1.04. The van der Waals surface area contributed by atoms with Gasteiger partial charge in [-0.1, -0.05) is 24.3 Å². The molecule has 250 valence electrons. The number of likely N-dealkylation sites (tertiary alicyclic amines) is 1. The summed E-state index contributed by atoms with van der Waals surface area (Å²) >= 11 is 0. The highest BCUT2D eigenvalue weighted by Gasteiger charge is 2.36. The van der Waals surface area contributed by atoms with Crippen LogP contribution in [0, 0.1) is 18.8 Å². The van der Waals surface area contributed by atoms with Gasteiger partial charge in [-0.05, 0) is 118 Å². The van der Waals surface area contributed by atoms with E-state index in [2.05, 4.69) is 59.7 Å². The van der Waals surface area contributed by atoms with E-state index in [0.29, 0.717) is 56.5 Å². The van der Waals surface area contributed by atoms with Gasteiger partial charge >= 0.3 is 6.09 Å². The Bertz CT molecular complexity index is 1560. The van der Waals surface area contributed by atoms with Crippen LogP contribution in [0.3, 0.4) is 0 Å². The molecule has 3 saturated carbocycles. The number of aliphatic hydroxyl groups is 1. The van der Waals surface area contributed by atoms with E-state index in [-0.39, 0.29) is 30.1 Å². The third-order valence-electron chi connectivity index (χ3n) is 10.8. The second-order valence-corrected chi connectivity index (χ2v) is 14.2. The number of methoxy groups -OCH3 is 1. The van der Waals surface area contributed by atoms with Crippen LogP contribution in [0.4, 0.5) is 4.79 Å². The van der Waals surface area contributed by atoms with Crippen molar-refractivity contribution in [1.82, 2.24) is 25.0 Å². The molecule has 1 aliphatic heterocycles. The fourth-order valence-corrected chi connectivity index (χ4v) is 7.74. The van der Waals surface area contributed by atoms with E-state index in [1.54, 1.807) is 13.4 Å².